The molecule has 1 amide bonds. The number of rotatable bonds is 23. The molecule has 0 N–H and O–H groups in total. The molecule has 0 spiro atoms. The van der Waals surface area contributed by atoms with Crippen molar-refractivity contribution in [3.05, 3.63) is 0 Å². The second-order valence-electron chi connectivity index (χ2n) is 9.33. The van der Waals surface area contributed by atoms with E-state index in [4.69, 9.17) is 14.2 Å². The van der Waals surface area contributed by atoms with Gasteiger partial charge in [-0.25, -0.2) is 0 Å². The lowest BCUT2D eigenvalue weighted by Crippen LogP contribution is -2.43. The zero-order valence-corrected chi connectivity index (χ0v) is 23.3. The van der Waals surface area contributed by atoms with Gasteiger partial charge in [-0.3, -0.25) is 19.2 Å². The quantitative estimate of drug-likeness (QED) is 0.0975. The number of carbonyl (C=O) groups excluding carboxylic acids is 4. The van der Waals surface area contributed by atoms with Gasteiger partial charge in [0.1, 0.15) is 13.2 Å². The fourth-order valence-electron chi connectivity index (χ4n) is 3.67. The van der Waals surface area contributed by atoms with E-state index in [1.165, 1.54) is 4.90 Å². The Labute approximate surface area is 218 Å². The van der Waals surface area contributed by atoms with Gasteiger partial charge in [-0.15, -0.1) is 0 Å². The molecule has 0 rings (SSSR count). The lowest BCUT2D eigenvalue weighted by Gasteiger charge is -2.25. The van der Waals surface area contributed by atoms with Gasteiger partial charge >= 0.3 is 17.9 Å². The first-order valence-corrected chi connectivity index (χ1v) is 14.1. The Kier molecular flexibility index (Phi) is 21.9. The summed E-state index contributed by atoms with van der Waals surface area (Å²) in [7, 11) is 0. The van der Waals surface area contributed by atoms with E-state index in [9.17, 15) is 19.2 Å². The third-order valence-electron chi connectivity index (χ3n) is 5.92. The summed E-state index contributed by atoms with van der Waals surface area (Å²) in [5.74, 6) is -1.37. The van der Waals surface area contributed by atoms with Gasteiger partial charge < -0.3 is 19.1 Å². The van der Waals surface area contributed by atoms with Crippen LogP contribution in [-0.2, 0) is 33.4 Å². The summed E-state index contributed by atoms with van der Waals surface area (Å²) in [5, 5.41) is 0. The molecule has 0 aliphatic rings. The predicted octanol–water partition coefficient (Wildman–Crippen LogP) is 5.74. The van der Waals surface area contributed by atoms with Crippen LogP contribution in [0.4, 0.5) is 0 Å². The highest BCUT2D eigenvalue weighted by Gasteiger charge is 2.24. The van der Waals surface area contributed by atoms with Crippen LogP contribution in [0.2, 0.25) is 0 Å². The maximum absolute atomic E-state index is 13.0. The van der Waals surface area contributed by atoms with Crippen LogP contribution in [0.1, 0.15) is 124 Å². The van der Waals surface area contributed by atoms with E-state index in [1.54, 1.807) is 6.92 Å². The molecule has 36 heavy (non-hydrogen) atoms. The fraction of sp³-hybridized carbons (Fsp3) is 0.857. The van der Waals surface area contributed by atoms with Gasteiger partial charge in [0.2, 0.25) is 0 Å². The van der Waals surface area contributed by atoms with Crippen molar-refractivity contribution in [2.45, 2.75) is 130 Å². The molecule has 0 aliphatic heterocycles. The van der Waals surface area contributed by atoms with Crippen molar-refractivity contribution in [2.75, 3.05) is 26.3 Å². The SMILES string of the molecule is CCCCCCC(=O)OCCN(CCOC(=O)CCCCCC)C(=O)C(C)OC(=O)CCCCCC. The molecule has 210 valence electrons. The van der Waals surface area contributed by atoms with Crippen molar-refractivity contribution in [3.8, 4) is 0 Å². The van der Waals surface area contributed by atoms with Crippen LogP contribution in [0.3, 0.4) is 0 Å². The Morgan fingerprint density at radius 3 is 1.36 bits per heavy atom. The van der Waals surface area contributed by atoms with Gasteiger partial charge in [-0.2, -0.15) is 0 Å². The van der Waals surface area contributed by atoms with Crippen LogP contribution < -0.4 is 0 Å². The number of nitrogens with zero attached hydrogens (tertiary/aromatic N) is 1. The average molecular weight is 514 g/mol. The third kappa shape index (κ3) is 19.1. The first-order chi connectivity index (χ1) is 17.3. The topological polar surface area (TPSA) is 99.2 Å². The number of ether oxygens (including phenoxy) is 3. The number of hydrogen-bond acceptors (Lipinski definition) is 7. The van der Waals surface area contributed by atoms with Gasteiger partial charge in [-0.05, 0) is 26.2 Å². The molecule has 8 nitrogen and oxygen atoms in total. The molecule has 0 heterocycles. The van der Waals surface area contributed by atoms with E-state index >= 15 is 0 Å². The van der Waals surface area contributed by atoms with Gasteiger partial charge in [0.15, 0.2) is 6.10 Å². The molecule has 0 aliphatic carbocycles. The van der Waals surface area contributed by atoms with E-state index in [1.807, 2.05) is 0 Å². The normalized spacial score (nSPS) is 11.6. The second kappa shape index (κ2) is 23.3. The van der Waals surface area contributed by atoms with Crippen molar-refractivity contribution < 1.29 is 33.4 Å². The lowest BCUT2D eigenvalue weighted by atomic mass is 10.1. The van der Waals surface area contributed by atoms with Crippen molar-refractivity contribution in [2.24, 2.45) is 0 Å². The Balaban J connectivity index is 4.68. The molecule has 0 aromatic carbocycles. The smallest absolute Gasteiger partial charge is 0.306 e. The second-order valence-corrected chi connectivity index (χ2v) is 9.33. The molecule has 0 aromatic rings. The summed E-state index contributed by atoms with van der Waals surface area (Å²) >= 11 is 0. The summed E-state index contributed by atoms with van der Waals surface area (Å²) in [4.78, 5) is 50.4. The van der Waals surface area contributed by atoms with Crippen LogP contribution in [-0.4, -0.2) is 61.1 Å². The van der Waals surface area contributed by atoms with Gasteiger partial charge in [0, 0.05) is 19.3 Å². The van der Waals surface area contributed by atoms with Gasteiger partial charge in [-0.1, -0.05) is 78.6 Å². The molecule has 0 saturated heterocycles. The van der Waals surface area contributed by atoms with E-state index < -0.39 is 18.0 Å². The summed E-state index contributed by atoms with van der Waals surface area (Å²) in [5.41, 5.74) is 0. The number of amides is 1. The monoisotopic (exact) mass is 513 g/mol. The fourth-order valence-corrected chi connectivity index (χ4v) is 3.67. The largest absolute Gasteiger partial charge is 0.464 e. The third-order valence-corrected chi connectivity index (χ3v) is 5.92. The Morgan fingerprint density at radius 2 is 0.972 bits per heavy atom. The van der Waals surface area contributed by atoms with E-state index in [0.29, 0.717) is 12.8 Å². The average Bonchev–Trinajstić information content (AvgIpc) is 2.85. The predicted molar refractivity (Wildman–Crippen MR) is 140 cm³/mol. The Bertz CT molecular complexity index is 579. The summed E-state index contributed by atoms with van der Waals surface area (Å²) < 4.78 is 15.9. The molecule has 0 aromatic heterocycles. The first-order valence-electron chi connectivity index (χ1n) is 14.1. The van der Waals surface area contributed by atoms with Crippen molar-refractivity contribution in [1.29, 1.82) is 0 Å². The molecule has 1 unspecified atom stereocenters. The minimum atomic E-state index is -0.960. The number of unbranched alkanes of at least 4 members (excludes halogenated alkanes) is 9. The van der Waals surface area contributed by atoms with E-state index in [2.05, 4.69) is 20.8 Å². The van der Waals surface area contributed by atoms with Crippen LogP contribution >= 0.6 is 0 Å². The molecule has 1 atom stereocenters. The summed E-state index contributed by atoms with van der Waals surface area (Å²) in [6.07, 6.45) is 11.8. The van der Waals surface area contributed by atoms with Crippen LogP contribution in [0.25, 0.3) is 0 Å². The van der Waals surface area contributed by atoms with Crippen LogP contribution in [0, 0.1) is 0 Å². The maximum Gasteiger partial charge on any atom is 0.306 e. The van der Waals surface area contributed by atoms with E-state index in [0.717, 1.165) is 77.0 Å². The van der Waals surface area contributed by atoms with Crippen molar-refractivity contribution >= 4 is 23.8 Å². The van der Waals surface area contributed by atoms with Gasteiger partial charge in [0.25, 0.3) is 5.91 Å². The standard InChI is InChI=1S/C28H51NO7/c1-5-8-11-14-17-25(30)34-22-20-29(21-23-35-26(31)18-15-12-9-6-2)28(33)24(4)36-27(32)19-16-13-10-7-3/h24H,5-23H2,1-4H3. The van der Waals surface area contributed by atoms with E-state index in [-0.39, 0.29) is 44.7 Å². The molecule has 0 fully saturated rings. The van der Waals surface area contributed by atoms with Crippen LogP contribution in [0.5, 0.6) is 0 Å². The molecular weight excluding hydrogens is 462 g/mol. The first kappa shape index (κ1) is 33.9. The number of hydrogen-bond donors (Lipinski definition) is 0. The molecule has 0 saturated carbocycles. The highest BCUT2D eigenvalue weighted by Crippen LogP contribution is 2.08. The number of carbonyl (C=O) groups is 4. The minimum absolute atomic E-state index is 0.0427. The van der Waals surface area contributed by atoms with Crippen molar-refractivity contribution in [1.82, 2.24) is 4.90 Å². The highest BCUT2D eigenvalue weighted by atomic mass is 16.6. The highest BCUT2D eigenvalue weighted by molar-refractivity contribution is 5.83. The van der Waals surface area contributed by atoms with Crippen LogP contribution in [0.15, 0.2) is 0 Å². The number of esters is 3. The van der Waals surface area contributed by atoms with Gasteiger partial charge in [0.05, 0.1) is 13.1 Å². The lowest BCUT2D eigenvalue weighted by molar-refractivity contribution is -0.160. The van der Waals surface area contributed by atoms with Crippen molar-refractivity contribution in [3.63, 3.8) is 0 Å². The Morgan fingerprint density at radius 1 is 0.583 bits per heavy atom. The minimum Gasteiger partial charge on any atom is -0.464 e. The molecule has 8 heteroatoms. The summed E-state index contributed by atoms with van der Waals surface area (Å²) in [6, 6.07) is 0. The zero-order chi connectivity index (χ0) is 27.0. The maximum atomic E-state index is 13.0. The molecular formula is C28H51NO7. The zero-order valence-electron chi connectivity index (χ0n) is 23.3. The molecule has 0 radical (unpaired) electrons. The Hall–Kier alpha value is -2.12. The molecule has 0 bridgehead atoms. The summed E-state index contributed by atoms with van der Waals surface area (Å²) in [6.45, 7) is 8.23.